The fraction of sp³-hybridized carbons (Fsp3) is 0.300. The summed E-state index contributed by atoms with van der Waals surface area (Å²) in [6, 6.07) is 12.1. The number of hydrogen-bond acceptors (Lipinski definition) is 3. The molecular formula is C20H21FN4O. The Bertz CT molecular complexity index is 927. The predicted molar refractivity (Wildman–Crippen MR) is 99.7 cm³/mol. The molecule has 1 aliphatic heterocycles. The fourth-order valence-electron chi connectivity index (χ4n) is 3.60. The molecule has 1 aliphatic rings. The van der Waals surface area contributed by atoms with Crippen molar-refractivity contribution in [1.29, 1.82) is 0 Å². The molecule has 2 aromatic carbocycles. The van der Waals surface area contributed by atoms with Crippen molar-refractivity contribution >= 4 is 22.9 Å². The Morgan fingerprint density at radius 1 is 1.19 bits per heavy atom. The number of aromatic nitrogens is 2. The largest absolute Gasteiger partial charge is 0.366 e. The minimum Gasteiger partial charge on any atom is -0.366 e. The smallest absolute Gasteiger partial charge is 0.248 e. The quantitative estimate of drug-likeness (QED) is 0.757. The molecule has 0 spiro atoms. The highest BCUT2D eigenvalue weighted by Crippen LogP contribution is 2.26. The highest BCUT2D eigenvalue weighted by molar-refractivity contribution is 5.96. The van der Waals surface area contributed by atoms with Gasteiger partial charge in [0.2, 0.25) is 11.9 Å². The third-order valence-corrected chi connectivity index (χ3v) is 5.11. The van der Waals surface area contributed by atoms with Crippen LogP contribution in [0.1, 0.15) is 28.8 Å². The predicted octanol–water partition coefficient (Wildman–Crippen LogP) is 3.26. The molecule has 6 heteroatoms. The first-order chi connectivity index (χ1) is 12.6. The summed E-state index contributed by atoms with van der Waals surface area (Å²) >= 11 is 0. The zero-order valence-corrected chi connectivity index (χ0v) is 14.4. The van der Waals surface area contributed by atoms with Crippen molar-refractivity contribution in [2.24, 2.45) is 11.7 Å². The van der Waals surface area contributed by atoms with Crippen LogP contribution in [0, 0.1) is 11.7 Å². The number of halogens is 1. The number of benzene rings is 2. The number of aromatic amines is 1. The summed E-state index contributed by atoms with van der Waals surface area (Å²) in [5.41, 5.74) is 8.66. The number of anilines is 1. The first kappa shape index (κ1) is 16.6. The number of nitrogens with two attached hydrogens (primary N) is 1. The lowest BCUT2D eigenvalue weighted by atomic mass is 9.90. The van der Waals surface area contributed by atoms with Gasteiger partial charge in [-0.15, -0.1) is 0 Å². The Kier molecular flexibility index (Phi) is 4.32. The molecule has 3 N–H and O–H groups in total. The number of fused-ring (bicyclic) bond motifs is 1. The van der Waals surface area contributed by atoms with Crippen LogP contribution in [0.2, 0.25) is 0 Å². The standard InChI is InChI=1S/C20H21FN4O/c21-16-4-1-13(2-5-16)11-14-7-9-25(10-8-14)20-23-17-6-3-15(19(22)26)12-18(17)24-20/h1-6,12,14H,7-11H2,(H2,22,26)(H,23,24). The topological polar surface area (TPSA) is 75.0 Å². The molecule has 0 radical (unpaired) electrons. The van der Waals surface area contributed by atoms with Gasteiger partial charge >= 0.3 is 0 Å². The molecule has 1 aromatic heterocycles. The lowest BCUT2D eigenvalue weighted by Gasteiger charge is -2.31. The number of nitrogens with one attached hydrogen (secondary N) is 1. The van der Waals surface area contributed by atoms with Crippen molar-refractivity contribution in [3.8, 4) is 0 Å². The average molecular weight is 352 g/mol. The number of nitrogens with zero attached hydrogens (tertiary/aromatic N) is 2. The summed E-state index contributed by atoms with van der Waals surface area (Å²) in [5.74, 6) is 0.807. The lowest BCUT2D eigenvalue weighted by molar-refractivity contribution is 0.100. The molecule has 0 atom stereocenters. The van der Waals surface area contributed by atoms with Gasteiger partial charge in [0.1, 0.15) is 5.82 Å². The van der Waals surface area contributed by atoms with Crippen molar-refractivity contribution in [1.82, 2.24) is 9.97 Å². The van der Waals surface area contributed by atoms with E-state index < -0.39 is 5.91 Å². The summed E-state index contributed by atoms with van der Waals surface area (Å²) in [7, 11) is 0. The Labute approximate surface area is 151 Å². The molecule has 0 saturated carbocycles. The van der Waals surface area contributed by atoms with Crippen molar-refractivity contribution in [3.05, 3.63) is 59.4 Å². The van der Waals surface area contributed by atoms with Gasteiger partial charge in [-0.05, 0) is 61.1 Å². The maximum atomic E-state index is 13.0. The number of hydrogen-bond donors (Lipinski definition) is 2. The highest BCUT2D eigenvalue weighted by atomic mass is 19.1. The van der Waals surface area contributed by atoms with E-state index in [1.807, 2.05) is 18.2 Å². The fourth-order valence-corrected chi connectivity index (χ4v) is 3.60. The van der Waals surface area contributed by atoms with Crippen LogP contribution in [0.5, 0.6) is 0 Å². The number of carbonyl (C=O) groups is 1. The average Bonchev–Trinajstić information content (AvgIpc) is 3.07. The van der Waals surface area contributed by atoms with Gasteiger partial charge in [0.15, 0.2) is 0 Å². The molecule has 0 bridgehead atoms. The lowest BCUT2D eigenvalue weighted by Crippen LogP contribution is -2.35. The zero-order chi connectivity index (χ0) is 18.1. The van der Waals surface area contributed by atoms with Gasteiger partial charge in [0.25, 0.3) is 0 Å². The van der Waals surface area contributed by atoms with Crippen LogP contribution < -0.4 is 10.6 Å². The van der Waals surface area contributed by atoms with E-state index in [4.69, 9.17) is 5.73 Å². The summed E-state index contributed by atoms with van der Waals surface area (Å²) in [4.78, 5) is 21.5. The van der Waals surface area contributed by atoms with Crippen LogP contribution in [0.15, 0.2) is 42.5 Å². The molecule has 5 nitrogen and oxygen atoms in total. The van der Waals surface area contributed by atoms with E-state index in [9.17, 15) is 9.18 Å². The van der Waals surface area contributed by atoms with Crippen molar-refractivity contribution in [2.45, 2.75) is 19.3 Å². The minimum absolute atomic E-state index is 0.187. The third-order valence-electron chi connectivity index (χ3n) is 5.11. The van der Waals surface area contributed by atoms with Gasteiger partial charge in [-0.2, -0.15) is 0 Å². The van der Waals surface area contributed by atoms with E-state index in [0.717, 1.165) is 49.3 Å². The van der Waals surface area contributed by atoms with Crippen LogP contribution in [-0.4, -0.2) is 29.0 Å². The number of carbonyl (C=O) groups excluding carboxylic acids is 1. The monoisotopic (exact) mass is 352 g/mol. The molecule has 26 heavy (non-hydrogen) atoms. The Morgan fingerprint density at radius 2 is 1.92 bits per heavy atom. The third kappa shape index (κ3) is 3.40. The number of primary amides is 1. The van der Waals surface area contributed by atoms with Crippen LogP contribution in [-0.2, 0) is 6.42 Å². The van der Waals surface area contributed by atoms with Crippen molar-refractivity contribution < 1.29 is 9.18 Å². The first-order valence-corrected chi connectivity index (χ1v) is 8.87. The van der Waals surface area contributed by atoms with E-state index >= 15 is 0 Å². The molecule has 0 unspecified atom stereocenters. The highest BCUT2D eigenvalue weighted by Gasteiger charge is 2.21. The maximum absolute atomic E-state index is 13.0. The molecule has 3 aromatic rings. The molecule has 0 aliphatic carbocycles. The first-order valence-electron chi connectivity index (χ1n) is 8.87. The van der Waals surface area contributed by atoms with Crippen molar-refractivity contribution in [3.63, 3.8) is 0 Å². The van der Waals surface area contributed by atoms with E-state index in [-0.39, 0.29) is 5.82 Å². The van der Waals surface area contributed by atoms with Gasteiger partial charge in [-0.25, -0.2) is 9.37 Å². The second-order valence-corrected chi connectivity index (χ2v) is 6.92. The number of amides is 1. The molecule has 1 fully saturated rings. The van der Waals surface area contributed by atoms with Gasteiger partial charge in [0, 0.05) is 18.7 Å². The molecular weight excluding hydrogens is 331 g/mol. The SMILES string of the molecule is NC(=O)c1ccc2nc(N3CCC(Cc4ccc(F)cc4)CC3)[nH]c2c1. The Balaban J connectivity index is 1.42. The number of rotatable bonds is 4. The van der Waals surface area contributed by atoms with Gasteiger partial charge in [-0.1, -0.05) is 12.1 Å². The van der Waals surface area contributed by atoms with E-state index in [2.05, 4.69) is 14.9 Å². The van der Waals surface area contributed by atoms with E-state index in [0.29, 0.717) is 11.5 Å². The van der Waals surface area contributed by atoms with E-state index in [1.165, 1.54) is 17.7 Å². The van der Waals surface area contributed by atoms with Crippen LogP contribution in [0.4, 0.5) is 10.3 Å². The Hall–Kier alpha value is -2.89. The van der Waals surface area contributed by atoms with Gasteiger partial charge in [-0.3, -0.25) is 4.79 Å². The van der Waals surface area contributed by atoms with Crippen LogP contribution in [0.3, 0.4) is 0 Å². The zero-order valence-electron chi connectivity index (χ0n) is 14.4. The van der Waals surface area contributed by atoms with Crippen LogP contribution in [0.25, 0.3) is 11.0 Å². The van der Waals surface area contributed by atoms with Crippen molar-refractivity contribution in [2.75, 3.05) is 18.0 Å². The molecule has 1 saturated heterocycles. The molecule has 2 heterocycles. The summed E-state index contributed by atoms with van der Waals surface area (Å²) in [6.07, 6.45) is 3.12. The molecule has 4 rings (SSSR count). The number of piperidine rings is 1. The number of H-pyrrole nitrogens is 1. The second kappa shape index (κ2) is 6.78. The van der Waals surface area contributed by atoms with E-state index in [1.54, 1.807) is 12.1 Å². The molecule has 134 valence electrons. The number of imidazole rings is 1. The summed E-state index contributed by atoms with van der Waals surface area (Å²) in [6.45, 7) is 1.85. The molecule has 1 amide bonds. The summed E-state index contributed by atoms with van der Waals surface area (Å²) in [5, 5.41) is 0. The minimum atomic E-state index is -0.440. The van der Waals surface area contributed by atoms with Gasteiger partial charge in [0.05, 0.1) is 11.0 Å². The maximum Gasteiger partial charge on any atom is 0.248 e. The normalized spacial score (nSPS) is 15.5. The summed E-state index contributed by atoms with van der Waals surface area (Å²) < 4.78 is 13.0. The van der Waals surface area contributed by atoms with Gasteiger partial charge < -0.3 is 15.6 Å². The second-order valence-electron chi connectivity index (χ2n) is 6.92. The Morgan fingerprint density at radius 3 is 2.62 bits per heavy atom. The van der Waals surface area contributed by atoms with Crippen LogP contribution >= 0.6 is 0 Å².